The number of nitrogens with zero attached hydrogens (tertiary/aromatic N) is 2. The lowest BCUT2D eigenvalue weighted by Gasteiger charge is -2.06. The van der Waals surface area contributed by atoms with E-state index >= 15 is 0 Å². The average molecular weight is 273 g/mol. The third-order valence-electron chi connectivity index (χ3n) is 3.72. The standard InChI is InChI=1S/C15H19N3O2/c1-9-5-10(2)14(16)12(6-9)15-17-13(18-20-15)7-11-3-4-19-8-11/h5-6,11H,3-4,7-8,16H2,1-2H3. The van der Waals surface area contributed by atoms with E-state index in [4.69, 9.17) is 15.0 Å². The van der Waals surface area contributed by atoms with Gasteiger partial charge in [0.1, 0.15) is 0 Å². The molecule has 2 N–H and O–H groups in total. The lowest BCUT2D eigenvalue weighted by molar-refractivity contribution is 0.185. The van der Waals surface area contributed by atoms with Crippen molar-refractivity contribution in [1.82, 2.24) is 10.1 Å². The summed E-state index contributed by atoms with van der Waals surface area (Å²) in [5.74, 6) is 1.73. The number of benzene rings is 1. The molecule has 2 aromatic rings. The largest absolute Gasteiger partial charge is 0.398 e. The third-order valence-corrected chi connectivity index (χ3v) is 3.72. The minimum absolute atomic E-state index is 0.497. The van der Waals surface area contributed by atoms with Gasteiger partial charge in [0.2, 0.25) is 0 Å². The SMILES string of the molecule is Cc1cc(C)c(N)c(-c2nc(CC3CCOC3)no2)c1. The van der Waals surface area contributed by atoms with Gasteiger partial charge >= 0.3 is 0 Å². The molecule has 106 valence electrons. The monoisotopic (exact) mass is 273 g/mol. The van der Waals surface area contributed by atoms with Crippen molar-refractivity contribution < 1.29 is 9.26 Å². The van der Waals surface area contributed by atoms with Gasteiger partial charge in [0.15, 0.2) is 5.82 Å². The molecule has 1 fully saturated rings. The Balaban J connectivity index is 1.86. The van der Waals surface area contributed by atoms with Crippen LogP contribution in [0, 0.1) is 19.8 Å². The summed E-state index contributed by atoms with van der Waals surface area (Å²) in [6.45, 7) is 5.64. The summed E-state index contributed by atoms with van der Waals surface area (Å²) < 4.78 is 10.7. The van der Waals surface area contributed by atoms with Gasteiger partial charge in [-0.15, -0.1) is 0 Å². The molecule has 1 atom stereocenters. The predicted molar refractivity (Wildman–Crippen MR) is 76.3 cm³/mol. The van der Waals surface area contributed by atoms with E-state index in [1.807, 2.05) is 26.0 Å². The van der Waals surface area contributed by atoms with E-state index in [2.05, 4.69) is 10.1 Å². The average Bonchev–Trinajstić information content (AvgIpc) is 3.06. The zero-order valence-electron chi connectivity index (χ0n) is 11.8. The van der Waals surface area contributed by atoms with Gasteiger partial charge in [-0.3, -0.25) is 0 Å². The van der Waals surface area contributed by atoms with Crippen molar-refractivity contribution in [2.45, 2.75) is 26.7 Å². The van der Waals surface area contributed by atoms with Gasteiger partial charge in [-0.25, -0.2) is 0 Å². The molecule has 5 heteroatoms. The van der Waals surface area contributed by atoms with Gasteiger partial charge < -0.3 is 15.0 Å². The summed E-state index contributed by atoms with van der Waals surface area (Å²) >= 11 is 0. The zero-order valence-corrected chi connectivity index (χ0v) is 11.8. The fourth-order valence-electron chi connectivity index (χ4n) is 2.60. The predicted octanol–water partition coefficient (Wildman–Crippen LogP) is 2.51. The van der Waals surface area contributed by atoms with Gasteiger partial charge in [-0.1, -0.05) is 11.2 Å². The van der Waals surface area contributed by atoms with Crippen LogP contribution in [-0.2, 0) is 11.2 Å². The topological polar surface area (TPSA) is 74.2 Å². The van der Waals surface area contributed by atoms with Crippen molar-refractivity contribution >= 4 is 5.69 Å². The van der Waals surface area contributed by atoms with Crippen LogP contribution in [0.4, 0.5) is 5.69 Å². The smallest absolute Gasteiger partial charge is 0.260 e. The van der Waals surface area contributed by atoms with Gasteiger partial charge in [-0.2, -0.15) is 4.98 Å². The van der Waals surface area contributed by atoms with Crippen molar-refractivity contribution in [3.63, 3.8) is 0 Å². The van der Waals surface area contributed by atoms with E-state index in [1.54, 1.807) is 0 Å². The molecule has 0 aliphatic carbocycles. The summed E-state index contributed by atoms with van der Waals surface area (Å²) in [5.41, 5.74) is 9.80. The molecular weight excluding hydrogens is 254 g/mol. The Bertz CT molecular complexity index is 616. The lowest BCUT2D eigenvalue weighted by Crippen LogP contribution is -2.04. The molecule has 0 radical (unpaired) electrons. The molecule has 5 nitrogen and oxygen atoms in total. The second-order valence-corrected chi connectivity index (χ2v) is 5.49. The van der Waals surface area contributed by atoms with E-state index in [0.29, 0.717) is 17.5 Å². The molecule has 1 saturated heterocycles. The highest BCUT2D eigenvalue weighted by atomic mass is 16.5. The first-order valence-corrected chi connectivity index (χ1v) is 6.91. The number of aryl methyl sites for hydroxylation is 2. The Hall–Kier alpha value is -1.88. The Kier molecular flexibility index (Phi) is 3.44. The van der Waals surface area contributed by atoms with E-state index in [0.717, 1.165) is 48.6 Å². The van der Waals surface area contributed by atoms with Crippen LogP contribution in [0.5, 0.6) is 0 Å². The van der Waals surface area contributed by atoms with Crippen LogP contribution in [0.15, 0.2) is 16.7 Å². The second kappa shape index (κ2) is 5.25. The van der Waals surface area contributed by atoms with Crippen LogP contribution in [0.2, 0.25) is 0 Å². The summed E-state index contributed by atoms with van der Waals surface area (Å²) in [6, 6.07) is 4.03. The molecule has 1 aromatic carbocycles. The first-order valence-electron chi connectivity index (χ1n) is 6.91. The summed E-state index contributed by atoms with van der Waals surface area (Å²) in [5, 5.41) is 4.06. The number of ether oxygens (including phenoxy) is 1. The molecule has 20 heavy (non-hydrogen) atoms. The fraction of sp³-hybridized carbons (Fsp3) is 0.467. The Morgan fingerprint density at radius 3 is 2.95 bits per heavy atom. The Labute approximate surface area is 118 Å². The minimum atomic E-state index is 0.497. The maximum atomic E-state index is 6.11. The normalized spacial score (nSPS) is 18.6. The molecule has 0 saturated carbocycles. The van der Waals surface area contributed by atoms with Crippen LogP contribution in [0.25, 0.3) is 11.5 Å². The number of aromatic nitrogens is 2. The minimum Gasteiger partial charge on any atom is -0.398 e. The summed E-state index contributed by atoms with van der Waals surface area (Å²) in [7, 11) is 0. The quantitative estimate of drug-likeness (QED) is 0.870. The van der Waals surface area contributed by atoms with Crippen LogP contribution < -0.4 is 5.73 Å². The van der Waals surface area contributed by atoms with E-state index in [-0.39, 0.29) is 0 Å². The highest BCUT2D eigenvalue weighted by Crippen LogP contribution is 2.29. The van der Waals surface area contributed by atoms with Crippen molar-refractivity contribution in [1.29, 1.82) is 0 Å². The lowest BCUT2D eigenvalue weighted by atomic mass is 10.0. The van der Waals surface area contributed by atoms with Gasteiger partial charge in [0, 0.05) is 25.3 Å². The fourth-order valence-corrected chi connectivity index (χ4v) is 2.60. The first-order chi connectivity index (χ1) is 9.63. The van der Waals surface area contributed by atoms with E-state index < -0.39 is 0 Å². The molecule has 1 aliphatic heterocycles. The number of rotatable bonds is 3. The molecule has 0 spiro atoms. The zero-order chi connectivity index (χ0) is 14.1. The molecule has 1 aliphatic rings. The molecule has 3 rings (SSSR count). The molecule has 1 unspecified atom stereocenters. The number of anilines is 1. The maximum absolute atomic E-state index is 6.11. The number of nitrogens with two attached hydrogens (primary N) is 1. The Morgan fingerprint density at radius 2 is 2.20 bits per heavy atom. The van der Waals surface area contributed by atoms with Crippen LogP contribution in [0.3, 0.4) is 0 Å². The number of nitrogen functional groups attached to an aromatic ring is 1. The van der Waals surface area contributed by atoms with E-state index in [9.17, 15) is 0 Å². The van der Waals surface area contributed by atoms with Crippen molar-refractivity contribution in [3.8, 4) is 11.5 Å². The van der Waals surface area contributed by atoms with E-state index in [1.165, 1.54) is 0 Å². The number of hydrogen-bond donors (Lipinski definition) is 1. The van der Waals surface area contributed by atoms with Gasteiger partial charge in [0.25, 0.3) is 5.89 Å². The maximum Gasteiger partial charge on any atom is 0.260 e. The molecule has 2 heterocycles. The number of hydrogen-bond acceptors (Lipinski definition) is 5. The first kappa shape index (κ1) is 13.1. The molecule has 1 aromatic heterocycles. The van der Waals surface area contributed by atoms with Crippen molar-refractivity contribution in [3.05, 3.63) is 29.1 Å². The summed E-state index contributed by atoms with van der Waals surface area (Å²) in [6.07, 6.45) is 1.86. The molecule has 0 amide bonds. The highest BCUT2D eigenvalue weighted by Gasteiger charge is 2.20. The van der Waals surface area contributed by atoms with Crippen LogP contribution in [0.1, 0.15) is 23.4 Å². The second-order valence-electron chi connectivity index (χ2n) is 5.49. The van der Waals surface area contributed by atoms with Gasteiger partial charge in [-0.05, 0) is 43.4 Å². The van der Waals surface area contributed by atoms with Crippen molar-refractivity contribution in [2.75, 3.05) is 18.9 Å². The summed E-state index contributed by atoms with van der Waals surface area (Å²) in [4.78, 5) is 4.47. The molecule has 0 bridgehead atoms. The van der Waals surface area contributed by atoms with Crippen molar-refractivity contribution in [2.24, 2.45) is 5.92 Å². The van der Waals surface area contributed by atoms with Crippen LogP contribution in [-0.4, -0.2) is 23.4 Å². The van der Waals surface area contributed by atoms with Gasteiger partial charge in [0.05, 0.1) is 5.56 Å². The molecular formula is C15H19N3O2. The Morgan fingerprint density at radius 1 is 1.35 bits per heavy atom. The van der Waals surface area contributed by atoms with Crippen LogP contribution >= 0.6 is 0 Å². The highest BCUT2D eigenvalue weighted by molar-refractivity contribution is 5.74. The third kappa shape index (κ3) is 2.54.